The predicted molar refractivity (Wildman–Crippen MR) is 137 cm³/mol. The number of carbonyl (C=O) groups excluding carboxylic acids is 1. The molecule has 0 unspecified atom stereocenters. The SMILES string of the molecule is CCOc1ccc(COc2ccc(NC(=O)c3cc4nc(C5CC5)cc(C(F)(F)F)n4n3)cc2)cc1OCC. The van der Waals surface area contributed by atoms with E-state index < -0.39 is 17.8 Å². The first-order valence-electron chi connectivity index (χ1n) is 12.7. The molecular formula is C28H27F3N4O4. The highest BCUT2D eigenvalue weighted by Crippen LogP contribution is 2.41. The average Bonchev–Trinajstić information content (AvgIpc) is 3.67. The first kappa shape index (κ1) is 26.3. The minimum Gasteiger partial charge on any atom is -0.490 e. The fourth-order valence-electron chi connectivity index (χ4n) is 4.08. The summed E-state index contributed by atoms with van der Waals surface area (Å²) in [5.74, 6) is 1.26. The van der Waals surface area contributed by atoms with Crippen molar-refractivity contribution in [3.8, 4) is 17.2 Å². The second-order valence-electron chi connectivity index (χ2n) is 9.05. The van der Waals surface area contributed by atoms with Crippen molar-refractivity contribution in [1.29, 1.82) is 0 Å². The molecule has 204 valence electrons. The molecule has 1 N–H and O–H groups in total. The van der Waals surface area contributed by atoms with E-state index in [9.17, 15) is 18.0 Å². The van der Waals surface area contributed by atoms with Gasteiger partial charge < -0.3 is 19.5 Å². The summed E-state index contributed by atoms with van der Waals surface area (Å²) in [4.78, 5) is 17.1. The number of nitrogens with one attached hydrogen (secondary N) is 1. The molecular weight excluding hydrogens is 513 g/mol. The Morgan fingerprint density at radius 2 is 1.69 bits per heavy atom. The molecule has 39 heavy (non-hydrogen) atoms. The highest BCUT2D eigenvalue weighted by molar-refractivity contribution is 6.03. The normalized spacial score (nSPS) is 13.4. The lowest BCUT2D eigenvalue weighted by molar-refractivity contribution is -0.142. The molecule has 0 bridgehead atoms. The zero-order valence-corrected chi connectivity index (χ0v) is 21.4. The zero-order chi connectivity index (χ0) is 27.6. The number of hydrogen-bond donors (Lipinski definition) is 1. The Balaban J connectivity index is 1.25. The molecule has 0 radical (unpaired) electrons. The van der Waals surface area contributed by atoms with Crippen LogP contribution in [0.25, 0.3) is 5.65 Å². The molecule has 2 aromatic heterocycles. The van der Waals surface area contributed by atoms with Gasteiger partial charge in [0, 0.05) is 23.4 Å². The lowest BCUT2D eigenvalue weighted by atomic mass is 10.2. The van der Waals surface area contributed by atoms with Gasteiger partial charge in [-0.25, -0.2) is 9.50 Å². The van der Waals surface area contributed by atoms with Crippen LogP contribution in [0.3, 0.4) is 0 Å². The number of rotatable bonds is 10. The average molecular weight is 541 g/mol. The Hall–Kier alpha value is -4.28. The number of aromatic nitrogens is 3. The maximum absolute atomic E-state index is 13.6. The van der Waals surface area contributed by atoms with Crippen LogP contribution in [0.15, 0.2) is 54.6 Å². The van der Waals surface area contributed by atoms with E-state index in [4.69, 9.17) is 14.2 Å². The molecule has 1 fully saturated rings. The van der Waals surface area contributed by atoms with Crippen LogP contribution in [-0.2, 0) is 12.8 Å². The van der Waals surface area contributed by atoms with E-state index >= 15 is 0 Å². The summed E-state index contributed by atoms with van der Waals surface area (Å²) in [5.41, 5.74) is 0.575. The summed E-state index contributed by atoms with van der Waals surface area (Å²) in [6, 6.07) is 14.5. The second-order valence-corrected chi connectivity index (χ2v) is 9.05. The molecule has 0 atom stereocenters. The van der Waals surface area contributed by atoms with E-state index in [0.717, 1.165) is 24.5 Å². The van der Waals surface area contributed by atoms with Crippen molar-refractivity contribution >= 4 is 17.2 Å². The summed E-state index contributed by atoms with van der Waals surface area (Å²) in [5, 5.41) is 6.55. The predicted octanol–water partition coefficient (Wildman–Crippen LogP) is 6.25. The fourth-order valence-corrected chi connectivity index (χ4v) is 4.08. The van der Waals surface area contributed by atoms with Gasteiger partial charge in [0.05, 0.1) is 13.2 Å². The molecule has 1 aliphatic rings. The Bertz CT molecular complexity index is 1480. The van der Waals surface area contributed by atoms with E-state index in [1.807, 2.05) is 32.0 Å². The van der Waals surface area contributed by atoms with E-state index in [2.05, 4.69) is 15.4 Å². The van der Waals surface area contributed by atoms with Crippen LogP contribution in [0.4, 0.5) is 18.9 Å². The van der Waals surface area contributed by atoms with Gasteiger partial charge in [-0.15, -0.1) is 0 Å². The van der Waals surface area contributed by atoms with Crippen LogP contribution in [0.1, 0.15) is 60.0 Å². The van der Waals surface area contributed by atoms with E-state index in [-0.39, 0.29) is 23.9 Å². The third kappa shape index (κ3) is 6.08. The topological polar surface area (TPSA) is 87.0 Å². The van der Waals surface area contributed by atoms with E-state index in [1.54, 1.807) is 24.3 Å². The maximum atomic E-state index is 13.6. The van der Waals surface area contributed by atoms with Gasteiger partial charge in [0.1, 0.15) is 18.1 Å². The molecule has 2 heterocycles. The molecule has 2 aromatic carbocycles. The molecule has 0 spiro atoms. The monoisotopic (exact) mass is 540 g/mol. The number of halogens is 3. The second kappa shape index (κ2) is 10.8. The van der Waals surface area contributed by atoms with Crippen LogP contribution in [0.5, 0.6) is 17.2 Å². The first-order valence-corrected chi connectivity index (χ1v) is 12.7. The number of fused-ring (bicyclic) bond motifs is 1. The van der Waals surface area contributed by atoms with Gasteiger partial charge >= 0.3 is 6.18 Å². The third-order valence-electron chi connectivity index (χ3n) is 6.09. The van der Waals surface area contributed by atoms with Gasteiger partial charge in [0.25, 0.3) is 5.91 Å². The highest BCUT2D eigenvalue weighted by atomic mass is 19.4. The van der Waals surface area contributed by atoms with Crippen LogP contribution in [0, 0.1) is 0 Å². The van der Waals surface area contributed by atoms with Crippen molar-refractivity contribution in [2.24, 2.45) is 0 Å². The molecule has 8 nitrogen and oxygen atoms in total. The minimum atomic E-state index is -4.63. The maximum Gasteiger partial charge on any atom is 0.433 e. The molecule has 1 aliphatic carbocycles. The van der Waals surface area contributed by atoms with E-state index in [1.165, 1.54) is 6.07 Å². The van der Waals surface area contributed by atoms with Crippen molar-refractivity contribution < 1.29 is 32.2 Å². The van der Waals surface area contributed by atoms with Gasteiger partial charge in [0.2, 0.25) is 0 Å². The summed E-state index contributed by atoms with van der Waals surface area (Å²) >= 11 is 0. The zero-order valence-electron chi connectivity index (χ0n) is 21.4. The number of alkyl halides is 3. The number of nitrogens with zero attached hydrogens (tertiary/aromatic N) is 3. The van der Waals surface area contributed by atoms with Gasteiger partial charge in [-0.1, -0.05) is 6.07 Å². The van der Waals surface area contributed by atoms with Crippen LogP contribution in [0.2, 0.25) is 0 Å². The number of benzene rings is 2. The number of amides is 1. The Labute approximate surface area is 222 Å². The summed E-state index contributed by atoms with van der Waals surface area (Å²) in [6.07, 6.45) is -3.03. The van der Waals surface area contributed by atoms with E-state index in [0.29, 0.717) is 46.4 Å². The van der Waals surface area contributed by atoms with Crippen LogP contribution < -0.4 is 19.5 Å². The van der Waals surface area contributed by atoms with Crippen molar-refractivity contribution in [1.82, 2.24) is 14.6 Å². The molecule has 0 aliphatic heterocycles. The van der Waals surface area contributed by atoms with Gasteiger partial charge in [-0.3, -0.25) is 4.79 Å². The number of hydrogen-bond acceptors (Lipinski definition) is 6. The summed E-state index contributed by atoms with van der Waals surface area (Å²) in [7, 11) is 0. The standard InChI is InChI=1S/C28H27F3N4O4/c1-3-37-23-12-5-17(13-24(23)38-4-2)16-39-20-10-8-19(9-11-20)32-27(36)22-15-26-33-21(18-6-7-18)14-25(28(29,30)31)35(26)34-22/h5,8-15,18H,3-4,6-7,16H2,1-2H3,(H,32,36). The molecule has 11 heteroatoms. The first-order chi connectivity index (χ1) is 18.7. The van der Waals surface area contributed by atoms with Gasteiger partial charge in [0.15, 0.2) is 22.8 Å². The van der Waals surface area contributed by atoms with Crippen LogP contribution in [-0.4, -0.2) is 33.7 Å². The summed E-state index contributed by atoms with van der Waals surface area (Å²) in [6.45, 7) is 5.13. The number of ether oxygens (including phenoxy) is 3. The summed E-state index contributed by atoms with van der Waals surface area (Å²) < 4.78 is 58.7. The van der Waals surface area contributed by atoms with Crippen molar-refractivity contribution in [2.45, 2.75) is 45.4 Å². The van der Waals surface area contributed by atoms with Crippen molar-refractivity contribution in [3.05, 3.63) is 77.2 Å². The van der Waals surface area contributed by atoms with Crippen molar-refractivity contribution in [2.75, 3.05) is 18.5 Å². The lowest BCUT2D eigenvalue weighted by Gasteiger charge is -2.13. The smallest absolute Gasteiger partial charge is 0.433 e. The lowest BCUT2D eigenvalue weighted by Crippen LogP contribution is -2.16. The Morgan fingerprint density at radius 1 is 0.974 bits per heavy atom. The van der Waals surface area contributed by atoms with Gasteiger partial charge in [-0.05, 0) is 74.7 Å². The Kier molecular flexibility index (Phi) is 7.32. The van der Waals surface area contributed by atoms with Gasteiger partial charge in [-0.2, -0.15) is 18.3 Å². The fraction of sp³-hybridized carbons (Fsp3) is 0.321. The Morgan fingerprint density at radius 3 is 2.36 bits per heavy atom. The van der Waals surface area contributed by atoms with Crippen LogP contribution >= 0.6 is 0 Å². The quantitative estimate of drug-likeness (QED) is 0.256. The molecule has 1 saturated carbocycles. The molecule has 0 saturated heterocycles. The third-order valence-corrected chi connectivity index (χ3v) is 6.09. The largest absolute Gasteiger partial charge is 0.490 e. The number of anilines is 1. The highest BCUT2D eigenvalue weighted by Gasteiger charge is 2.37. The molecule has 1 amide bonds. The molecule has 4 aromatic rings. The van der Waals surface area contributed by atoms with Crippen molar-refractivity contribution in [3.63, 3.8) is 0 Å². The minimum absolute atomic E-state index is 0.0117. The number of carbonyl (C=O) groups is 1. The molecule has 5 rings (SSSR count).